The number of amides is 1. The molecule has 7 heteroatoms. The summed E-state index contributed by atoms with van der Waals surface area (Å²) in [6.07, 6.45) is 5.73. The average molecular weight is 398 g/mol. The van der Waals surface area contributed by atoms with Crippen molar-refractivity contribution < 1.29 is 9.53 Å². The number of methoxy groups -OCH3 is 1. The summed E-state index contributed by atoms with van der Waals surface area (Å²) in [4.78, 5) is 33.9. The van der Waals surface area contributed by atoms with Crippen molar-refractivity contribution in [1.29, 1.82) is 0 Å². The van der Waals surface area contributed by atoms with E-state index >= 15 is 0 Å². The van der Waals surface area contributed by atoms with Gasteiger partial charge in [0.15, 0.2) is 0 Å². The predicted octanol–water partition coefficient (Wildman–Crippen LogP) is 3.00. The molecule has 6 nitrogen and oxygen atoms in total. The van der Waals surface area contributed by atoms with Crippen LogP contribution in [0.15, 0.2) is 35.4 Å². The first-order chi connectivity index (χ1) is 13.6. The highest BCUT2D eigenvalue weighted by Gasteiger charge is 2.21. The number of fused-ring (bicyclic) bond motifs is 3. The number of carbonyl (C=O) groups excluding carboxylic acids is 1. The van der Waals surface area contributed by atoms with Crippen LogP contribution in [-0.4, -0.2) is 34.5 Å². The van der Waals surface area contributed by atoms with Gasteiger partial charge >= 0.3 is 0 Å². The minimum absolute atomic E-state index is 0.0158. The van der Waals surface area contributed by atoms with E-state index in [2.05, 4.69) is 4.98 Å². The number of ether oxygens (including phenoxy) is 1. The van der Waals surface area contributed by atoms with Crippen LogP contribution in [-0.2, 0) is 30.7 Å². The maximum absolute atomic E-state index is 13.0. The molecular formula is C21H23N3O3S. The van der Waals surface area contributed by atoms with Crippen molar-refractivity contribution in [2.75, 3.05) is 14.2 Å². The molecule has 3 aromatic rings. The van der Waals surface area contributed by atoms with Gasteiger partial charge in [-0.25, -0.2) is 4.98 Å². The number of nitrogens with zero attached hydrogens (tertiary/aromatic N) is 3. The summed E-state index contributed by atoms with van der Waals surface area (Å²) < 4.78 is 6.79. The van der Waals surface area contributed by atoms with Gasteiger partial charge in [-0.15, -0.1) is 11.3 Å². The van der Waals surface area contributed by atoms with Gasteiger partial charge in [0.05, 0.1) is 18.8 Å². The molecule has 0 atom stereocenters. The Bertz CT molecular complexity index is 1090. The average Bonchev–Trinajstić information content (AvgIpc) is 3.09. The van der Waals surface area contributed by atoms with E-state index in [-0.39, 0.29) is 18.0 Å². The lowest BCUT2D eigenvalue weighted by molar-refractivity contribution is -0.131. The van der Waals surface area contributed by atoms with Gasteiger partial charge in [0.25, 0.3) is 5.56 Å². The quantitative estimate of drug-likeness (QED) is 0.664. The highest BCUT2D eigenvalue weighted by atomic mass is 32.1. The predicted molar refractivity (Wildman–Crippen MR) is 110 cm³/mol. The number of thiophene rings is 1. The number of benzene rings is 1. The molecule has 0 fully saturated rings. The van der Waals surface area contributed by atoms with E-state index in [1.54, 1.807) is 30.4 Å². The van der Waals surface area contributed by atoms with Crippen LogP contribution in [0.2, 0.25) is 0 Å². The monoisotopic (exact) mass is 397 g/mol. The van der Waals surface area contributed by atoms with Crippen LogP contribution in [0.3, 0.4) is 0 Å². The summed E-state index contributed by atoms with van der Waals surface area (Å²) in [5.41, 5.74) is 1.96. The van der Waals surface area contributed by atoms with Crippen LogP contribution in [0.1, 0.15) is 28.8 Å². The fourth-order valence-corrected chi connectivity index (χ4v) is 4.96. The number of hydrogen-bond donors (Lipinski definition) is 0. The summed E-state index contributed by atoms with van der Waals surface area (Å²) in [5, 5.41) is 0.711. The minimum Gasteiger partial charge on any atom is -0.496 e. The van der Waals surface area contributed by atoms with Crippen molar-refractivity contribution in [2.45, 2.75) is 38.8 Å². The van der Waals surface area contributed by atoms with Crippen molar-refractivity contribution in [3.05, 3.63) is 57.0 Å². The fraction of sp³-hybridized carbons (Fsp3) is 0.381. The van der Waals surface area contributed by atoms with E-state index in [4.69, 9.17) is 4.74 Å². The largest absolute Gasteiger partial charge is 0.496 e. The normalized spacial score (nSPS) is 13.4. The van der Waals surface area contributed by atoms with Crippen molar-refractivity contribution in [3.8, 4) is 5.75 Å². The first kappa shape index (κ1) is 18.7. The highest BCUT2D eigenvalue weighted by Crippen LogP contribution is 2.33. The first-order valence-electron chi connectivity index (χ1n) is 9.44. The maximum Gasteiger partial charge on any atom is 0.262 e. The van der Waals surface area contributed by atoms with E-state index in [0.29, 0.717) is 11.9 Å². The molecule has 4 rings (SSSR count). The van der Waals surface area contributed by atoms with E-state index in [1.165, 1.54) is 22.2 Å². The van der Waals surface area contributed by atoms with Gasteiger partial charge in [0.1, 0.15) is 17.1 Å². The number of hydrogen-bond acceptors (Lipinski definition) is 5. The van der Waals surface area contributed by atoms with Crippen LogP contribution in [0.25, 0.3) is 10.2 Å². The van der Waals surface area contributed by atoms with Crippen LogP contribution in [0.5, 0.6) is 5.75 Å². The van der Waals surface area contributed by atoms with Gasteiger partial charge in [-0.3, -0.25) is 14.2 Å². The van der Waals surface area contributed by atoms with E-state index < -0.39 is 0 Å². The molecule has 28 heavy (non-hydrogen) atoms. The zero-order valence-electron chi connectivity index (χ0n) is 16.1. The summed E-state index contributed by atoms with van der Waals surface area (Å²) in [7, 11) is 3.35. The highest BCUT2D eigenvalue weighted by molar-refractivity contribution is 7.18. The Morgan fingerprint density at radius 2 is 2.07 bits per heavy atom. The molecule has 0 radical (unpaired) electrons. The number of aromatic nitrogens is 2. The summed E-state index contributed by atoms with van der Waals surface area (Å²) in [5.74, 6) is 0.602. The number of rotatable bonds is 5. The van der Waals surface area contributed by atoms with Crippen LogP contribution < -0.4 is 10.3 Å². The second-order valence-corrected chi connectivity index (χ2v) is 8.21. The lowest BCUT2D eigenvalue weighted by Gasteiger charge is -2.19. The number of carbonyl (C=O) groups is 1. The third-order valence-corrected chi connectivity index (χ3v) is 6.47. The molecule has 1 aliphatic carbocycles. The van der Waals surface area contributed by atoms with Crippen LogP contribution >= 0.6 is 11.3 Å². The van der Waals surface area contributed by atoms with Gasteiger partial charge in [0, 0.05) is 24.0 Å². The smallest absolute Gasteiger partial charge is 0.262 e. The van der Waals surface area contributed by atoms with Gasteiger partial charge in [-0.05, 0) is 37.3 Å². The summed E-state index contributed by atoms with van der Waals surface area (Å²) in [6, 6.07) is 7.61. The number of para-hydroxylation sites is 1. The Kier molecular flexibility index (Phi) is 5.17. The standard InChI is InChI=1S/C21H23N3O3S/c1-23(11-14-7-3-5-9-16(14)27-2)18(25)12-24-13-22-20-19(21(24)26)15-8-4-6-10-17(15)28-20/h3,5,7,9,13H,4,6,8,10-12H2,1-2H3. The zero-order chi connectivity index (χ0) is 19.7. The van der Waals surface area contributed by atoms with E-state index in [1.807, 2.05) is 24.3 Å². The molecule has 1 aromatic carbocycles. The Morgan fingerprint density at radius 1 is 1.29 bits per heavy atom. The molecule has 0 N–H and O–H groups in total. The molecule has 0 spiro atoms. The molecule has 0 aliphatic heterocycles. The molecular weight excluding hydrogens is 374 g/mol. The summed E-state index contributed by atoms with van der Waals surface area (Å²) in [6.45, 7) is 0.402. The van der Waals surface area contributed by atoms with Crippen LogP contribution in [0, 0.1) is 0 Å². The Morgan fingerprint density at radius 3 is 2.89 bits per heavy atom. The Labute approximate surface area is 167 Å². The van der Waals surface area contributed by atoms with Crippen LogP contribution in [0.4, 0.5) is 0 Å². The van der Waals surface area contributed by atoms with Crippen molar-refractivity contribution in [1.82, 2.24) is 14.5 Å². The SMILES string of the molecule is COc1ccccc1CN(C)C(=O)Cn1cnc2sc3c(c2c1=O)CCCC3. The van der Waals surface area contributed by atoms with Gasteiger partial charge in [-0.2, -0.15) is 0 Å². The van der Waals surface area contributed by atoms with E-state index in [9.17, 15) is 9.59 Å². The number of aryl methyl sites for hydroxylation is 2. The molecule has 146 valence electrons. The first-order valence-corrected chi connectivity index (χ1v) is 10.3. The van der Waals surface area contributed by atoms with E-state index in [0.717, 1.165) is 41.0 Å². The molecule has 1 amide bonds. The fourth-order valence-electron chi connectivity index (χ4n) is 3.74. The lowest BCUT2D eigenvalue weighted by atomic mass is 9.97. The second-order valence-electron chi connectivity index (χ2n) is 7.13. The molecule has 2 aromatic heterocycles. The molecule has 2 heterocycles. The van der Waals surface area contributed by atoms with Gasteiger partial charge in [-0.1, -0.05) is 18.2 Å². The van der Waals surface area contributed by atoms with Gasteiger partial charge < -0.3 is 9.64 Å². The van der Waals surface area contributed by atoms with Crippen molar-refractivity contribution in [3.63, 3.8) is 0 Å². The third kappa shape index (κ3) is 3.42. The second kappa shape index (κ2) is 7.75. The lowest BCUT2D eigenvalue weighted by Crippen LogP contribution is -2.33. The molecule has 0 unspecified atom stereocenters. The molecule has 0 saturated carbocycles. The third-order valence-electron chi connectivity index (χ3n) is 5.27. The van der Waals surface area contributed by atoms with Crippen molar-refractivity contribution in [2.24, 2.45) is 0 Å². The topological polar surface area (TPSA) is 64.4 Å². The maximum atomic E-state index is 13.0. The molecule has 1 aliphatic rings. The number of likely N-dealkylation sites (N-methyl/N-ethyl adjacent to an activating group) is 1. The molecule has 0 saturated heterocycles. The Balaban J connectivity index is 1.56. The summed E-state index contributed by atoms with van der Waals surface area (Å²) >= 11 is 1.62. The minimum atomic E-state index is -0.141. The zero-order valence-corrected chi connectivity index (χ0v) is 16.9. The Hall–Kier alpha value is -2.67. The molecule has 0 bridgehead atoms. The van der Waals surface area contributed by atoms with Crippen molar-refractivity contribution >= 4 is 27.5 Å². The van der Waals surface area contributed by atoms with Gasteiger partial charge in [0.2, 0.25) is 5.91 Å².